The average Bonchev–Trinajstić information content (AvgIpc) is 3.11. The van der Waals surface area contributed by atoms with E-state index < -0.39 is 11.2 Å². The predicted molar refractivity (Wildman–Crippen MR) is 145 cm³/mol. The number of anilines is 1. The Kier molecular flexibility index (Phi) is 5.80. The first-order chi connectivity index (χ1) is 17.2. The largest absolute Gasteiger partial charge is 0.338 e. The number of aryl methyl sites for hydroxylation is 4. The number of hydrogen-bond donors (Lipinski definition) is 1. The minimum Gasteiger partial charge on any atom is -0.338 e. The van der Waals surface area contributed by atoms with E-state index >= 15 is 0 Å². The Morgan fingerprint density at radius 3 is 2.31 bits per heavy atom. The third kappa shape index (κ3) is 3.82. The topological polar surface area (TPSA) is 78.0 Å². The Morgan fingerprint density at radius 2 is 1.61 bits per heavy atom. The van der Waals surface area contributed by atoms with Crippen molar-refractivity contribution in [2.75, 3.05) is 5.32 Å². The van der Waals surface area contributed by atoms with Crippen LogP contribution in [0.5, 0.6) is 0 Å². The second-order valence-corrected chi connectivity index (χ2v) is 9.52. The molecular formula is C28H25ClN4O3. The molecule has 182 valence electrons. The van der Waals surface area contributed by atoms with Gasteiger partial charge in [0.2, 0.25) is 5.91 Å². The number of fused-ring (bicyclic) bond motifs is 3. The zero-order chi connectivity index (χ0) is 25.7. The van der Waals surface area contributed by atoms with Gasteiger partial charge in [-0.25, -0.2) is 9.36 Å². The molecule has 0 radical (unpaired) electrons. The van der Waals surface area contributed by atoms with Gasteiger partial charge in [0, 0.05) is 23.1 Å². The Morgan fingerprint density at radius 1 is 0.917 bits per heavy atom. The van der Waals surface area contributed by atoms with Crippen LogP contribution >= 0.6 is 11.6 Å². The van der Waals surface area contributed by atoms with Crippen LogP contribution in [0.3, 0.4) is 0 Å². The number of carbonyl (C=O) groups excluding carboxylic acids is 1. The van der Waals surface area contributed by atoms with E-state index in [1.165, 1.54) is 4.57 Å². The summed E-state index contributed by atoms with van der Waals surface area (Å²) in [5, 5.41) is 4.08. The highest BCUT2D eigenvalue weighted by molar-refractivity contribution is 6.30. The van der Waals surface area contributed by atoms with E-state index in [1.807, 2.05) is 57.2 Å². The molecule has 1 amide bonds. The highest BCUT2D eigenvalue weighted by Gasteiger charge is 2.23. The van der Waals surface area contributed by atoms with Crippen molar-refractivity contribution >= 4 is 45.1 Å². The third-order valence-corrected chi connectivity index (χ3v) is 6.77. The normalized spacial score (nSPS) is 11.4. The summed E-state index contributed by atoms with van der Waals surface area (Å²) in [5.41, 5.74) is 4.34. The number of hydrogen-bond acceptors (Lipinski definition) is 3. The van der Waals surface area contributed by atoms with Crippen molar-refractivity contribution in [3.63, 3.8) is 0 Å². The zero-order valence-electron chi connectivity index (χ0n) is 20.4. The second-order valence-electron chi connectivity index (χ2n) is 9.08. The quantitative estimate of drug-likeness (QED) is 0.383. The summed E-state index contributed by atoms with van der Waals surface area (Å²) in [4.78, 5) is 40.9. The van der Waals surface area contributed by atoms with Gasteiger partial charge in [-0.2, -0.15) is 0 Å². The van der Waals surface area contributed by atoms with Gasteiger partial charge in [0.25, 0.3) is 5.56 Å². The van der Waals surface area contributed by atoms with E-state index in [0.717, 1.165) is 32.2 Å². The number of aromatic nitrogens is 3. The van der Waals surface area contributed by atoms with E-state index in [-0.39, 0.29) is 12.5 Å². The molecular weight excluding hydrogens is 476 g/mol. The van der Waals surface area contributed by atoms with Crippen molar-refractivity contribution in [3.05, 3.63) is 103 Å². The van der Waals surface area contributed by atoms with Crippen LogP contribution in [0.2, 0.25) is 5.02 Å². The number of nitrogens with one attached hydrogen (secondary N) is 1. The summed E-state index contributed by atoms with van der Waals surface area (Å²) in [7, 11) is 1.79. The van der Waals surface area contributed by atoms with E-state index in [2.05, 4.69) is 5.32 Å². The molecule has 3 aromatic carbocycles. The summed E-state index contributed by atoms with van der Waals surface area (Å²) in [6.07, 6.45) is 0. The highest BCUT2D eigenvalue weighted by Crippen LogP contribution is 2.27. The predicted octanol–water partition coefficient (Wildman–Crippen LogP) is 4.86. The second kappa shape index (κ2) is 8.84. The minimum absolute atomic E-state index is 0.267. The average molecular weight is 501 g/mol. The van der Waals surface area contributed by atoms with E-state index in [4.69, 9.17) is 11.6 Å². The first-order valence-electron chi connectivity index (χ1n) is 11.5. The molecule has 0 spiro atoms. The van der Waals surface area contributed by atoms with Crippen molar-refractivity contribution in [1.29, 1.82) is 0 Å². The van der Waals surface area contributed by atoms with Crippen LogP contribution in [-0.4, -0.2) is 19.6 Å². The van der Waals surface area contributed by atoms with Crippen LogP contribution in [-0.2, 0) is 18.4 Å². The lowest BCUT2D eigenvalue weighted by Crippen LogP contribution is -2.41. The van der Waals surface area contributed by atoms with Gasteiger partial charge >= 0.3 is 5.69 Å². The number of halogens is 1. The van der Waals surface area contributed by atoms with Crippen LogP contribution in [0.4, 0.5) is 5.69 Å². The molecule has 36 heavy (non-hydrogen) atoms. The van der Waals surface area contributed by atoms with Gasteiger partial charge in [0.15, 0.2) is 0 Å². The standard InChI is InChI=1S/C28H25ClN4O3/c1-16-11-12-22-21(13-16)25-26(31(22)4)27(35)33(20-10-6-9-19(29)14-20)28(36)32(25)15-23(34)30-24-17(2)7-5-8-18(24)3/h5-14H,15H2,1-4H3,(H,30,34). The Hall–Kier alpha value is -4.10. The summed E-state index contributed by atoms with van der Waals surface area (Å²) in [6.45, 7) is 5.51. The fourth-order valence-corrected chi connectivity index (χ4v) is 4.97. The maximum absolute atomic E-state index is 13.9. The molecule has 5 aromatic rings. The van der Waals surface area contributed by atoms with E-state index in [0.29, 0.717) is 27.4 Å². The minimum atomic E-state index is -0.611. The van der Waals surface area contributed by atoms with Crippen molar-refractivity contribution in [2.24, 2.45) is 7.05 Å². The third-order valence-electron chi connectivity index (χ3n) is 6.54. The molecule has 0 fully saturated rings. The number of rotatable bonds is 4. The molecule has 0 aliphatic rings. The Bertz CT molecular complexity index is 1790. The molecule has 0 aliphatic heterocycles. The summed E-state index contributed by atoms with van der Waals surface area (Å²) in [6, 6.07) is 18.1. The van der Waals surface area contributed by atoms with Gasteiger partial charge < -0.3 is 9.88 Å². The number of para-hydroxylation sites is 1. The maximum Gasteiger partial charge on any atom is 0.336 e. The lowest BCUT2D eigenvalue weighted by atomic mass is 10.1. The van der Waals surface area contributed by atoms with E-state index in [1.54, 1.807) is 35.9 Å². The Balaban J connectivity index is 1.79. The molecule has 0 unspecified atom stereocenters. The zero-order valence-corrected chi connectivity index (χ0v) is 21.2. The molecule has 5 rings (SSSR count). The highest BCUT2D eigenvalue weighted by atomic mass is 35.5. The molecule has 2 heterocycles. The van der Waals surface area contributed by atoms with E-state index in [9.17, 15) is 14.4 Å². The molecule has 2 aromatic heterocycles. The van der Waals surface area contributed by atoms with Crippen LogP contribution in [0.25, 0.3) is 27.6 Å². The smallest absolute Gasteiger partial charge is 0.336 e. The first kappa shape index (κ1) is 23.6. The van der Waals surface area contributed by atoms with Crippen molar-refractivity contribution in [2.45, 2.75) is 27.3 Å². The SMILES string of the molecule is Cc1ccc2c(c1)c1c(c(=O)n(-c3cccc(Cl)c3)c(=O)n1CC(=O)Nc1c(C)cccc1C)n2C. The molecule has 0 atom stereocenters. The fraction of sp³-hybridized carbons (Fsp3) is 0.179. The number of carbonyl (C=O) groups is 1. The molecule has 1 N–H and O–H groups in total. The monoisotopic (exact) mass is 500 g/mol. The summed E-state index contributed by atoms with van der Waals surface area (Å²) in [5.74, 6) is -0.364. The Labute approximate surface area is 212 Å². The maximum atomic E-state index is 13.9. The number of benzene rings is 3. The van der Waals surface area contributed by atoms with Gasteiger partial charge in [-0.05, 0) is 62.2 Å². The van der Waals surface area contributed by atoms with Crippen molar-refractivity contribution in [1.82, 2.24) is 13.7 Å². The van der Waals surface area contributed by atoms with Gasteiger partial charge in [-0.3, -0.25) is 14.2 Å². The molecule has 8 heteroatoms. The van der Waals surface area contributed by atoms with Crippen molar-refractivity contribution < 1.29 is 4.79 Å². The molecule has 0 bridgehead atoms. The number of nitrogens with zero attached hydrogens (tertiary/aromatic N) is 3. The van der Waals surface area contributed by atoms with Crippen LogP contribution in [0, 0.1) is 20.8 Å². The lowest BCUT2D eigenvalue weighted by molar-refractivity contribution is -0.116. The van der Waals surface area contributed by atoms with Gasteiger partial charge in [0.1, 0.15) is 12.1 Å². The number of amides is 1. The molecule has 0 saturated carbocycles. The summed E-state index contributed by atoms with van der Waals surface area (Å²) >= 11 is 6.18. The van der Waals surface area contributed by atoms with Crippen LogP contribution in [0.15, 0.2) is 70.3 Å². The lowest BCUT2D eigenvalue weighted by Gasteiger charge is -2.15. The first-order valence-corrected chi connectivity index (χ1v) is 11.9. The van der Waals surface area contributed by atoms with Crippen LogP contribution in [0.1, 0.15) is 16.7 Å². The fourth-order valence-electron chi connectivity index (χ4n) is 4.79. The van der Waals surface area contributed by atoms with Gasteiger partial charge in [-0.1, -0.05) is 47.5 Å². The molecule has 0 aliphatic carbocycles. The summed E-state index contributed by atoms with van der Waals surface area (Å²) < 4.78 is 4.22. The molecule has 0 saturated heterocycles. The van der Waals surface area contributed by atoms with Crippen LogP contribution < -0.4 is 16.6 Å². The van der Waals surface area contributed by atoms with Gasteiger partial charge in [-0.15, -0.1) is 0 Å². The van der Waals surface area contributed by atoms with Crippen molar-refractivity contribution in [3.8, 4) is 5.69 Å². The van der Waals surface area contributed by atoms with Gasteiger partial charge in [0.05, 0.1) is 16.7 Å². The molecule has 7 nitrogen and oxygen atoms in total.